The Balaban J connectivity index is 2.53. The zero-order valence-corrected chi connectivity index (χ0v) is 12.1. The lowest BCUT2D eigenvalue weighted by Gasteiger charge is -2.21. The third-order valence-corrected chi connectivity index (χ3v) is 4.85. The van der Waals surface area contributed by atoms with Crippen molar-refractivity contribution in [3.8, 4) is 0 Å². The van der Waals surface area contributed by atoms with Crippen molar-refractivity contribution < 1.29 is 18.3 Å². The number of benzene rings is 1. The lowest BCUT2D eigenvalue weighted by molar-refractivity contribution is 0.0696. The van der Waals surface area contributed by atoms with Crippen LogP contribution in [0.4, 0.5) is 5.69 Å². The standard InChI is InChI=1S/C13H18N2O4S/c1-2-14-20(18,19)12-9-10(13(16)17)5-6-11(12)15-7-3-4-8-15/h5-6,9,14H,2-4,7-8H2,1H3,(H,16,17). The first-order valence-electron chi connectivity index (χ1n) is 6.57. The van der Waals surface area contributed by atoms with Crippen molar-refractivity contribution in [2.24, 2.45) is 0 Å². The van der Waals surface area contributed by atoms with Gasteiger partial charge in [-0.2, -0.15) is 0 Å². The molecule has 2 N–H and O–H groups in total. The number of carboxylic acids is 1. The van der Waals surface area contributed by atoms with E-state index < -0.39 is 16.0 Å². The van der Waals surface area contributed by atoms with E-state index in [9.17, 15) is 13.2 Å². The minimum absolute atomic E-state index is 0.0237. The van der Waals surface area contributed by atoms with Crippen molar-refractivity contribution in [1.29, 1.82) is 0 Å². The van der Waals surface area contributed by atoms with Gasteiger partial charge in [0.1, 0.15) is 4.90 Å². The Hall–Kier alpha value is -1.60. The Morgan fingerprint density at radius 1 is 1.35 bits per heavy atom. The molecule has 1 saturated heterocycles. The van der Waals surface area contributed by atoms with Gasteiger partial charge in [-0.3, -0.25) is 0 Å². The number of carboxylic acid groups (broad SMARTS) is 1. The van der Waals surface area contributed by atoms with Gasteiger partial charge < -0.3 is 10.0 Å². The Morgan fingerprint density at radius 2 is 2.00 bits per heavy atom. The molecule has 0 radical (unpaired) electrons. The van der Waals surface area contributed by atoms with Gasteiger partial charge in [0.2, 0.25) is 10.0 Å². The summed E-state index contributed by atoms with van der Waals surface area (Å²) in [5.74, 6) is -1.13. The van der Waals surface area contributed by atoms with E-state index in [1.54, 1.807) is 13.0 Å². The predicted octanol–water partition coefficient (Wildman–Crippen LogP) is 1.28. The van der Waals surface area contributed by atoms with E-state index in [0.717, 1.165) is 25.9 Å². The van der Waals surface area contributed by atoms with Crippen LogP contribution in [0.15, 0.2) is 23.1 Å². The summed E-state index contributed by atoms with van der Waals surface area (Å²) in [5, 5.41) is 9.03. The van der Waals surface area contributed by atoms with Gasteiger partial charge in [0.25, 0.3) is 0 Å². The Bertz CT molecular complexity index is 607. The first kappa shape index (κ1) is 14.8. The number of aromatic carboxylic acids is 1. The van der Waals surface area contributed by atoms with Crippen molar-refractivity contribution in [3.05, 3.63) is 23.8 Å². The molecule has 1 fully saturated rings. The Labute approximate surface area is 118 Å². The highest BCUT2D eigenvalue weighted by molar-refractivity contribution is 7.89. The molecule has 0 spiro atoms. The van der Waals surface area contributed by atoms with Gasteiger partial charge in [-0.1, -0.05) is 6.92 Å². The highest BCUT2D eigenvalue weighted by Crippen LogP contribution is 2.29. The second-order valence-electron chi connectivity index (χ2n) is 4.68. The summed E-state index contributed by atoms with van der Waals surface area (Å²) in [6.45, 7) is 3.54. The molecule has 110 valence electrons. The highest BCUT2D eigenvalue weighted by Gasteiger charge is 2.24. The summed E-state index contributed by atoms with van der Waals surface area (Å²) in [6, 6.07) is 4.26. The molecule has 1 aliphatic heterocycles. The minimum Gasteiger partial charge on any atom is -0.478 e. The molecule has 0 unspecified atom stereocenters. The summed E-state index contributed by atoms with van der Waals surface area (Å²) in [4.78, 5) is 13.1. The molecule has 1 aliphatic rings. The number of rotatable bonds is 5. The molecule has 1 heterocycles. The van der Waals surface area contributed by atoms with E-state index in [2.05, 4.69) is 4.72 Å². The van der Waals surface area contributed by atoms with Crippen LogP contribution in [0.25, 0.3) is 0 Å². The van der Waals surface area contributed by atoms with Crippen molar-refractivity contribution in [2.45, 2.75) is 24.7 Å². The molecule has 20 heavy (non-hydrogen) atoms. The number of anilines is 1. The van der Waals surface area contributed by atoms with Gasteiger partial charge in [-0.05, 0) is 31.0 Å². The molecular weight excluding hydrogens is 280 g/mol. The SMILES string of the molecule is CCNS(=O)(=O)c1cc(C(=O)O)ccc1N1CCCC1. The van der Waals surface area contributed by atoms with Crippen LogP contribution in [-0.2, 0) is 10.0 Å². The summed E-state index contributed by atoms with van der Waals surface area (Å²) < 4.78 is 26.9. The van der Waals surface area contributed by atoms with Gasteiger partial charge in [0, 0.05) is 19.6 Å². The van der Waals surface area contributed by atoms with Gasteiger partial charge in [0.05, 0.1) is 11.3 Å². The quantitative estimate of drug-likeness (QED) is 0.855. The predicted molar refractivity (Wildman–Crippen MR) is 75.7 cm³/mol. The van der Waals surface area contributed by atoms with Gasteiger partial charge in [-0.25, -0.2) is 17.9 Å². The van der Waals surface area contributed by atoms with Crippen LogP contribution in [0, 0.1) is 0 Å². The van der Waals surface area contributed by atoms with Crippen LogP contribution in [0.5, 0.6) is 0 Å². The monoisotopic (exact) mass is 298 g/mol. The average molecular weight is 298 g/mol. The lowest BCUT2D eigenvalue weighted by atomic mass is 10.2. The number of nitrogens with zero attached hydrogens (tertiary/aromatic N) is 1. The van der Waals surface area contributed by atoms with Gasteiger partial charge >= 0.3 is 5.97 Å². The molecule has 0 bridgehead atoms. The van der Waals surface area contributed by atoms with E-state index in [0.29, 0.717) is 5.69 Å². The number of hydrogen-bond donors (Lipinski definition) is 2. The van der Waals surface area contributed by atoms with Gasteiger partial charge in [-0.15, -0.1) is 0 Å². The molecule has 0 amide bonds. The average Bonchev–Trinajstić information content (AvgIpc) is 2.91. The number of sulfonamides is 1. The van der Waals surface area contributed by atoms with Crippen LogP contribution in [-0.4, -0.2) is 39.1 Å². The fourth-order valence-corrected chi connectivity index (χ4v) is 3.64. The molecule has 6 nitrogen and oxygen atoms in total. The van der Waals surface area contributed by atoms with Crippen LogP contribution >= 0.6 is 0 Å². The lowest BCUT2D eigenvalue weighted by Crippen LogP contribution is -2.27. The van der Waals surface area contributed by atoms with Crippen LogP contribution in [0.1, 0.15) is 30.1 Å². The molecule has 0 aromatic heterocycles. The summed E-state index contributed by atoms with van der Waals surface area (Å²) in [5.41, 5.74) is 0.554. The molecule has 2 rings (SSSR count). The maximum Gasteiger partial charge on any atom is 0.335 e. The molecule has 0 saturated carbocycles. The van der Waals surface area contributed by atoms with Crippen molar-refractivity contribution in [2.75, 3.05) is 24.5 Å². The number of hydrogen-bond acceptors (Lipinski definition) is 4. The minimum atomic E-state index is -3.69. The van der Waals surface area contributed by atoms with E-state index >= 15 is 0 Å². The van der Waals surface area contributed by atoms with Crippen LogP contribution in [0.2, 0.25) is 0 Å². The number of nitrogens with one attached hydrogen (secondary N) is 1. The van der Waals surface area contributed by atoms with Crippen molar-refractivity contribution >= 4 is 21.7 Å². The van der Waals surface area contributed by atoms with Crippen LogP contribution in [0.3, 0.4) is 0 Å². The zero-order chi connectivity index (χ0) is 14.8. The fourth-order valence-electron chi connectivity index (χ4n) is 2.35. The third kappa shape index (κ3) is 2.94. The molecule has 7 heteroatoms. The Kier molecular flexibility index (Phi) is 4.29. The topological polar surface area (TPSA) is 86.7 Å². The second-order valence-corrected chi connectivity index (χ2v) is 6.42. The van der Waals surface area contributed by atoms with E-state index in [1.807, 2.05) is 4.90 Å². The first-order chi connectivity index (χ1) is 9.45. The highest BCUT2D eigenvalue weighted by atomic mass is 32.2. The summed E-state index contributed by atoms with van der Waals surface area (Å²) >= 11 is 0. The summed E-state index contributed by atoms with van der Waals surface area (Å²) in [6.07, 6.45) is 2.03. The van der Waals surface area contributed by atoms with Gasteiger partial charge in [0.15, 0.2) is 0 Å². The largest absolute Gasteiger partial charge is 0.478 e. The maximum absolute atomic E-state index is 12.3. The van der Waals surface area contributed by atoms with E-state index in [-0.39, 0.29) is 17.0 Å². The first-order valence-corrected chi connectivity index (χ1v) is 8.06. The maximum atomic E-state index is 12.3. The third-order valence-electron chi connectivity index (χ3n) is 3.28. The zero-order valence-electron chi connectivity index (χ0n) is 11.3. The van der Waals surface area contributed by atoms with Crippen LogP contribution < -0.4 is 9.62 Å². The van der Waals surface area contributed by atoms with Crippen molar-refractivity contribution in [1.82, 2.24) is 4.72 Å². The summed E-state index contributed by atoms with van der Waals surface area (Å²) in [7, 11) is -3.69. The molecule has 1 aromatic rings. The normalized spacial score (nSPS) is 15.6. The molecular formula is C13H18N2O4S. The molecule has 0 atom stereocenters. The molecule has 0 aliphatic carbocycles. The smallest absolute Gasteiger partial charge is 0.335 e. The fraction of sp³-hybridized carbons (Fsp3) is 0.462. The van der Waals surface area contributed by atoms with E-state index in [1.165, 1.54) is 12.1 Å². The molecule has 1 aromatic carbocycles. The number of carbonyl (C=O) groups is 1. The van der Waals surface area contributed by atoms with Crippen molar-refractivity contribution in [3.63, 3.8) is 0 Å². The Morgan fingerprint density at radius 3 is 2.55 bits per heavy atom. The second kappa shape index (κ2) is 5.80. The van der Waals surface area contributed by atoms with E-state index in [4.69, 9.17) is 5.11 Å².